The molecule has 0 fully saturated rings. The summed E-state index contributed by atoms with van der Waals surface area (Å²) in [4.78, 5) is 4.30. The Labute approximate surface area is 132 Å². The summed E-state index contributed by atoms with van der Waals surface area (Å²) in [5, 5.41) is 3.12. The van der Waals surface area contributed by atoms with Crippen molar-refractivity contribution in [3.05, 3.63) is 29.8 Å². The molecule has 0 aliphatic rings. The Hall–Kier alpha value is -0.820. The second kappa shape index (κ2) is 11.0. The minimum Gasteiger partial charge on any atom is -0.380 e. The second-order valence-corrected chi connectivity index (χ2v) is 4.19. The van der Waals surface area contributed by atoms with Crippen LogP contribution in [0.3, 0.4) is 0 Å². The van der Waals surface area contributed by atoms with Crippen molar-refractivity contribution in [2.75, 3.05) is 19.0 Å². The maximum absolute atomic E-state index is 5.85. The monoisotopic (exact) mass is 377 g/mol. The summed E-state index contributed by atoms with van der Waals surface area (Å²) < 4.78 is 5.14. The SMILES string of the molecule is CCCCCN=C(N)Nc1ccccc1COC.I. The third-order valence-corrected chi connectivity index (χ3v) is 2.62. The van der Waals surface area contributed by atoms with E-state index in [-0.39, 0.29) is 24.0 Å². The molecule has 1 aromatic rings. The molecule has 0 amide bonds. The van der Waals surface area contributed by atoms with Gasteiger partial charge in [0.05, 0.1) is 6.61 Å². The van der Waals surface area contributed by atoms with Crippen LogP contribution >= 0.6 is 24.0 Å². The average molecular weight is 377 g/mol. The molecule has 0 aliphatic carbocycles. The van der Waals surface area contributed by atoms with Gasteiger partial charge < -0.3 is 15.8 Å². The van der Waals surface area contributed by atoms with Gasteiger partial charge in [-0.1, -0.05) is 38.0 Å². The maximum atomic E-state index is 5.85. The Morgan fingerprint density at radius 3 is 2.74 bits per heavy atom. The number of hydrogen-bond donors (Lipinski definition) is 2. The molecular formula is C14H24IN3O. The van der Waals surface area contributed by atoms with Gasteiger partial charge in [0, 0.05) is 24.9 Å². The van der Waals surface area contributed by atoms with E-state index in [4.69, 9.17) is 10.5 Å². The number of aliphatic imine (C=N–C) groups is 1. The molecule has 0 saturated heterocycles. The molecule has 0 spiro atoms. The summed E-state index contributed by atoms with van der Waals surface area (Å²) in [6.45, 7) is 3.51. The van der Waals surface area contributed by atoms with Crippen molar-refractivity contribution < 1.29 is 4.74 Å². The van der Waals surface area contributed by atoms with Gasteiger partial charge in [0.15, 0.2) is 5.96 Å². The molecule has 0 radical (unpaired) electrons. The fourth-order valence-electron chi connectivity index (χ4n) is 1.66. The zero-order chi connectivity index (χ0) is 13.2. The van der Waals surface area contributed by atoms with Crippen LogP contribution < -0.4 is 11.1 Å². The van der Waals surface area contributed by atoms with Crippen LogP contribution in [0, 0.1) is 0 Å². The number of nitrogens with zero attached hydrogens (tertiary/aromatic N) is 1. The first-order chi connectivity index (χ1) is 8.77. The van der Waals surface area contributed by atoms with Crippen molar-refractivity contribution in [3.8, 4) is 0 Å². The highest BCUT2D eigenvalue weighted by Crippen LogP contribution is 2.15. The molecule has 0 bridgehead atoms. The highest BCUT2D eigenvalue weighted by Gasteiger charge is 2.01. The fourth-order valence-corrected chi connectivity index (χ4v) is 1.66. The lowest BCUT2D eigenvalue weighted by molar-refractivity contribution is 0.185. The van der Waals surface area contributed by atoms with E-state index in [1.165, 1.54) is 12.8 Å². The number of para-hydroxylation sites is 1. The van der Waals surface area contributed by atoms with Crippen molar-refractivity contribution in [2.24, 2.45) is 10.7 Å². The lowest BCUT2D eigenvalue weighted by atomic mass is 10.2. The van der Waals surface area contributed by atoms with Crippen LogP contribution in [0.5, 0.6) is 0 Å². The van der Waals surface area contributed by atoms with Crippen LogP contribution in [0.1, 0.15) is 31.7 Å². The largest absolute Gasteiger partial charge is 0.380 e. The molecule has 4 nitrogen and oxygen atoms in total. The van der Waals surface area contributed by atoms with E-state index in [2.05, 4.69) is 17.2 Å². The van der Waals surface area contributed by atoms with Crippen LogP contribution in [0.2, 0.25) is 0 Å². The Morgan fingerprint density at radius 2 is 2.05 bits per heavy atom. The minimum atomic E-state index is 0. The number of guanidine groups is 1. The van der Waals surface area contributed by atoms with Gasteiger partial charge in [0.1, 0.15) is 0 Å². The number of nitrogens with one attached hydrogen (secondary N) is 1. The molecule has 3 N–H and O–H groups in total. The molecule has 1 rings (SSSR count). The van der Waals surface area contributed by atoms with Gasteiger partial charge in [-0.05, 0) is 12.5 Å². The van der Waals surface area contributed by atoms with E-state index >= 15 is 0 Å². The van der Waals surface area contributed by atoms with Gasteiger partial charge in [0.2, 0.25) is 0 Å². The number of halogens is 1. The summed E-state index contributed by atoms with van der Waals surface area (Å²) >= 11 is 0. The zero-order valence-electron chi connectivity index (χ0n) is 11.7. The summed E-state index contributed by atoms with van der Waals surface area (Å²) in [6, 6.07) is 7.93. The van der Waals surface area contributed by atoms with Crippen molar-refractivity contribution in [1.29, 1.82) is 0 Å². The lowest BCUT2D eigenvalue weighted by Gasteiger charge is -2.10. The van der Waals surface area contributed by atoms with Gasteiger partial charge >= 0.3 is 0 Å². The average Bonchev–Trinajstić information content (AvgIpc) is 2.37. The van der Waals surface area contributed by atoms with E-state index in [0.717, 1.165) is 24.2 Å². The van der Waals surface area contributed by atoms with E-state index in [0.29, 0.717) is 12.6 Å². The molecule has 0 heterocycles. The zero-order valence-corrected chi connectivity index (χ0v) is 14.0. The van der Waals surface area contributed by atoms with Crippen LogP contribution in [0.4, 0.5) is 5.69 Å². The molecule has 5 heteroatoms. The predicted molar refractivity (Wildman–Crippen MR) is 92.2 cm³/mol. The third-order valence-electron chi connectivity index (χ3n) is 2.62. The molecule has 0 aromatic heterocycles. The number of nitrogens with two attached hydrogens (primary N) is 1. The number of hydrogen-bond acceptors (Lipinski definition) is 2. The first kappa shape index (κ1) is 18.2. The van der Waals surface area contributed by atoms with Crippen molar-refractivity contribution in [1.82, 2.24) is 0 Å². The van der Waals surface area contributed by atoms with Crippen molar-refractivity contribution in [2.45, 2.75) is 32.8 Å². The Morgan fingerprint density at radius 1 is 1.32 bits per heavy atom. The van der Waals surface area contributed by atoms with E-state index in [1.54, 1.807) is 7.11 Å². The summed E-state index contributed by atoms with van der Waals surface area (Å²) in [5.74, 6) is 0.467. The highest BCUT2D eigenvalue weighted by atomic mass is 127. The Balaban J connectivity index is 0.00000324. The quantitative estimate of drug-likeness (QED) is 0.332. The standard InChI is InChI=1S/C14H23N3O.HI/c1-3-4-7-10-16-14(15)17-13-9-6-5-8-12(13)11-18-2;/h5-6,8-9H,3-4,7,10-11H2,1-2H3,(H3,15,16,17);1H. The Bertz CT molecular complexity index is 383. The summed E-state index contributed by atoms with van der Waals surface area (Å²) in [7, 11) is 1.68. The van der Waals surface area contributed by atoms with Gasteiger partial charge in [-0.15, -0.1) is 24.0 Å². The van der Waals surface area contributed by atoms with E-state index in [9.17, 15) is 0 Å². The highest BCUT2D eigenvalue weighted by molar-refractivity contribution is 14.0. The number of methoxy groups -OCH3 is 1. The second-order valence-electron chi connectivity index (χ2n) is 4.19. The van der Waals surface area contributed by atoms with E-state index in [1.807, 2.05) is 24.3 Å². The fraction of sp³-hybridized carbons (Fsp3) is 0.500. The van der Waals surface area contributed by atoms with Gasteiger partial charge in [-0.2, -0.15) is 0 Å². The lowest BCUT2D eigenvalue weighted by Crippen LogP contribution is -2.23. The minimum absolute atomic E-state index is 0. The molecule has 0 saturated carbocycles. The topological polar surface area (TPSA) is 59.6 Å². The Kier molecular flexibility index (Phi) is 10.6. The number of unbranched alkanes of at least 4 members (excludes halogenated alkanes) is 2. The number of rotatable bonds is 7. The normalized spacial score (nSPS) is 10.9. The van der Waals surface area contributed by atoms with Gasteiger partial charge in [-0.3, -0.25) is 4.99 Å². The predicted octanol–water partition coefficient (Wildman–Crippen LogP) is 3.37. The smallest absolute Gasteiger partial charge is 0.193 e. The van der Waals surface area contributed by atoms with E-state index < -0.39 is 0 Å². The molecular weight excluding hydrogens is 353 g/mol. The van der Waals surface area contributed by atoms with Crippen LogP contribution in [-0.4, -0.2) is 19.6 Å². The molecule has 19 heavy (non-hydrogen) atoms. The van der Waals surface area contributed by atoms with Crippen LogP contribution in [0.25, 0.3) is 0 Å². The molecule has 0 unspecified atom stereocenters. The number of ether oxygens (including phenoxy) is 1. The van der Waals surface area contributed by atoms with Gasteiger partial charge in [-0.25, -0.2) is 0 Å². The molecule has 0 atom stereocenters. The van der Waals surface area contributed by atoms with Crippen molar-refractivity contribution in [3.63, 3.8) is 0 Å². The maximum Gasteiger partial charge on any atom is 0.193 e. The molecule has 1 aromatic carbocycles. The molecule has 108 valence electrons. The van der Waals surface area contributed by atoms with Crippen LogP contribution in [-0.2, 0) is 11.3 Å². The summed E-state index contributed by atoms with van der Waals surface area (Å²) in [6.07, 6.45) is 3.47. The van der Waals surface area contributed by atoms with Gasteiger partial charge in [0.25, 0.3) is 0 Å². The number of benzene rings is 1. The molecule has 0 aliphatic heterocycles. The first-order valence-electron chi connectivity index (χ1n) is 6.41. The first-order valence-corrected chi connectivity index (χ1v) is 6.41. The number of anilines is 1. The summed E-state index contributed by atoms with van der Waals surface area (Å²) in [5.41, 5.74) is 7.88. The van der Waals surface area contributed by atoms with Crippen LogP contribution in [0.15, 0.2) is 29.3 Å². The third kappa shape index (κ3) is 7.37. The van der Waals surface area contributed by atoms with Crippen molar-refractivity contribution >= 4 is 35.6 Å².